The van der Waals surface area contributed by atoms with Crippen molar-refractivity contribution in [1.29, 1.82) is 0 Å². The summed E-state index contributed by atoms with van der Waals surface area (Å²) in [5.74, 6) is -0.228. The van der Waals surface area contributed by atoms with Gasteiger partial charge in [-0.3, -0.25) is 0 Å². The fraction of sp³-hybridized carbons (Fsp3) is 0.667. The van der Waals surface area contributed by atoms with E-state index >= 15 is 0 Å². The van der Waals surface area contributed by atoms with E-state index in [1.807, 2.05) is 13.8 Å². The van der Waals surface area contributed by atoms with Crippen LogP contribution >= 0.6 is 0 Å². The molecule has 1 saturated carbocycles. The molecule has 0 heterocycles. The summed E-state index contributed by atoms with van der Waals surface area (Å²) in [6, 6.07) is 4.59. The predicted molar refractivity (Wildman–Crippen MR) is 84.7 cm³/mol. The van der Waals surface area contributed by atoms with Crippen molar-refractivity contribution < 1.29 is 9.13 Å². The van der Waals surface area contributed by atoms with Crippen molar-refractivity contribution in [3.05, 3.63) is 35.1 Å². The zero-order valence-corrected chi connectivity index (χ0v) is 13.7. The highest BCUT2D eigenvalue weighted by atomic mass is 19.1. The van der Waals surface area contributed by atoms with Crippen LogP contribution < -0.4 is 5.73 Å². The van der Waals surface area contributed by atoms with Crippen LogP contribution in [-0.2, 0) is 4.74 Å². The molecule has 2 nitrogen and oxygen atoms in total. The van der Waals surface area contributed by atoms with Crippen LogP contribution in [0, 0.1) is 18.2 Å². The third-order valence-corrected chi connectivity index (χ3v) is 5.02. The molecule has 1 aliphatic carbocycles. The van der Waals surface area contributed by atoms with Gasteiger partial charge in [0, 0.05) is 6.61 Å². The number of nitrogens with two attached hydrogens (primary N) is 1. The third kappa shape index (κ3) is 3.46. The van der Waals surface area contributed by atoms with Crippen molar-refractivity contribution in [2.24, 2.45) is 11.1 Å². The van der Waals surface area contributed by atoms with Gasteiger partial charge in [0.1, 0.15) is 5.82 Å². The van der Waals surface area contributed by atoms with Crippen molar-refractivity contribution in [3.8, 4) is 0 Å². The molecular formula is C18H28FNO. The fourth-order valence-electron chi connectivity index (χ4n) is 3.41. The van der Waals surface area contributed by atoms with Crippen molar-refractivity contribution >= 4 is 0 Å². The lowest BCUT2D eigenvalue weighted by atomic mass is 9.67. The van der Waals surface area contributed by atoms with Gasteiger partial charge in [0.2, 0.25) is 0 Å². The van der Waals surface area contributed by atoms with Gasteiger partial charge in [-0.2, -0.15) is 0 Å². The van der Waals surface area contributed by atoms with E-state index in [1.165, 1.54) is 6.07 Å². The van der Waals surface area contributed by atoms with Crippen LogP contribution in [0.3, 0.4) is 0 Å². The molecule has 1 atom stereocenters. The lowest BCUT2D eigenvalue weighted by molar-refractivity contribution is -0.100. The maximum absolute atomic E-state index is 13.6. The van der Waals surface area contributed by atoms with Gasteiger partial charge in [-0.05, 0) is 68.2 Å². The molecule has 1 aromatic carbocycles. The van der Waals surface area contributed by atoms with Crippen LogP contribution in [0.2, 0.25) is 0 Å². The number of ether oxygens (including phenoxy) is 1. The van der Waals surface area contributed by atoms with Gasteiger partial charge in [0.05, 0.1) is 11.6 Å². The minimum Gasteiger partial charge on any atom is -0.373 e. The Morgan fingerprint density at radius 1 is 1.24 bits per heavy atom. The molecule has 0 saturated heterocycles. The van der Waals surface area contributed by atoms with Gasteiger partial charge in [-0.25, -0.2) is 4.39 Å². The molecule has 0 bridgehead atoms. The zero-order chi connectivity index (χ0) is 15.7. The Labute approximate surface area is 127 Å². The molecule has 1 fully saturated rings. The second kappa shape index (κ2) is 6.05. The average Bonchev–Trinajstić information content (AvgIpc) is 2.44. The predicted octanol–water partition coefficient (Wildman–Crippen LogP) is 4.51. The Balaban J connectivity index is 2.31. The summed E-state index contributed by atoms with van der Waals surface area (Å²) < 4.78 is 19.7. The minimum absolute atomic E-state index is 0.228. The number of hydrogen-bond acceptors (Lipinski definition) is 2. The monoisotopic (exact) mass is 293 g/mol. The number of rotatable bonds is 4. The SMILES string of the molecule is CCOC1(C(N)c2cc(F)ccc2C)CCC(C)(C)CC1. The lowest BCUT2D eigenvalue weighted by Crippen LogP contribution is -2.48. The number of halogens is 1. The summed E-state index contributed by atoms with van der Waals surface area (Å²) in [5.41, 5.74) is 8.46. The van der Waals surface area contributed by atoms with E-state index in [-0.39, 0.29) is 17.5 Å². The summed E-state index contributed by atoms with van der Waals surface area (Å²) in [7, 11) is 0. The Morgan fingerprint density at radius 2 is 1.86 bits per heavy atom. The van der Waals surface area contributed by atoms with E-state index in [9.17, 15) is 4.39 Å². The average molecular weight is 293 g/mol. The first-order valence-corrected chi connectivity index (χ1v) is 7.95. The van der Waals surface area contributed by atoms with Crippen LogP contribution in [-0.4, -0.2) is 12.2 Å². The van der Waals surface area contributed by atoms with Crippen LogP contribution in [0.1, 0.15) is 63.6 Å². The highest BCUT2D eigenvalue weighted by Crippen LogP contribution is 2.47. The smallest absolute Gasteiger partial charge is 0.123 e. The standard InChI is InChI=1S/C18H28FNO/c1-5-21-18(10-8-17(3,4)9-11-18)16(20)15-12-14(19)7-6-13(15)2/h6-7,12,16H,5,8-11,20H2,1-4H3. The Morgan fingerprint density at radius 3 is 2.43 bits per heavy atom. The lowest BCUT2D eigenvalue weighted by Gasteiger charge is -2.46. The van der Waals surface area contributed by atoms with E-state index in [4.69, 9.17) is 10.5 Å². The fourth-order valence-corrected chi connectivity index (χ4v) is 3.41. The Hall–Kier alpha value is -0.930. The van der Waals surface area contributed by atoms with Crippen molar-refractivity contribution in [2.75, 3.05) is 6.61 Å². The third-order valence-electron chi connectivity index (χ3n) is 5.02. The Bertz CT molecular complexity index is 488. The normalized spacial score (nSPS) is 22.0. The van der Waals surface area contributed by atoms with Gasteiger partial charge in [0.15, 0.2) is 0 Å². The molecule has 2 N–H and O–H groups in total. The first-order chi connectivity index (χ1) is 9.80. The molecule has 118 valence electrons. The molecule has 0 aromatic heterocycles. The molecule has 1 unspecified atom stereocenters. The first kappa shape index (κ1) is 16.4. The second-order valence-electron chi connectivity index (χ2n) is 7.14. The van der Waals surface area contributed by atoms with Crippen molar-refractivity contribution in [2.45, 2.75) is 65.0 Å². The first-order valence-electron chi connectivity index (χ1n) is 7.95. The molecule has 0 amide bonds. The molecule has 2 rings (SSSR count). The maximum atomic E-state index is 13.6. The summed E-state index contributed by atoms with van der Waals surface area (Å²) >= 11 is 0. The van der Waals surface area contributed by atoms with Crippen molar-refractivity contribution in [1.82, 2.24) is 0 Å². The van der Waals surface area contributed by atoms with Gasteiger partial charge < -0.3 is 10.5 Å². The molecule has 1 aliphatic rings. The number of benzene rings is 1. The van der Waals surface area contributed by atoms with Gasteiger partial charge in [-0.15, -0.1) is 0 Å². The highest BCUT2D eigenvalue weighted by molar-refractivity contribution is 5.31. The van der Waals surface area contributed by atoms with E-state index in [0.29, 0.717) is 12.0 Å². The molecule has 1 aromatic rings. The Kier molecular flexibility index (Phi) is 4.74. The summed E-state index contributed by atoms with van der Waals surface area (Å²) in [6.45, 7) is 9.22. The number of aryl methyl sites for hydroxylation is 1. The molecule has 0 radical (unpaired) electrons. The van der Waals surface area contributed by atoms with Gasteiger partial charge in [0.25, 0.3) is 0 Å². The summed E-state index contributed by atoms with van der Waals surface area (Å²) in [6.07, 6.45) is 4.06. The molecule has 0 aliphatic heterocycles. The summed E-state index contributed by atoms with van der Waals surface area (Å²) in [5, 5.41) is 0. The maximum Gasteiger partial charge on any atom is 0.123 e. The number of hydrogen-bond donors (Lipinski definition) is 1. The van der Waals surface area contributed by atoms with E-state index in [0.717, 1.165) is 36.8 Å². The van der Waals surface area contributed by atoms with Crippen LogP contribution in [0.25, 0.3) is 0 Å². The zero-order valence-electron chi connectivity index (χ0n) is 13.7. The minimum atomic E-state index is -0.358. The van der Waals surface area contributed by atoms with E-state index < -0.39 is 0 Å². The molecule has 3 heteroatoms. The molecule has 0 spiro atoms. The van der Waals surface area contributed by atoms with E-state index in [2.05, 4.69) is 13.8 Å². The van der Waals surface area contributed by atoms with Crippen LogP contribution in [0.4, 0.5) is 4.39 Å². The van der Waals surface area contributed by atoms with Gasteiger partial charge >= 0.3 is 0 Å². The van der Waals surface area contributed by atoms with Crippen molar-refractivity contribution in [3.63, 3.8) is 0 Å². The topological polar surface area (TPSA) is 35.2 Å². The quantitative estimate of drug-likeness (QED) is 0.886. The molecule has 21 heavy (non-hydrogen) atoms. The van der Waals surface area contributed by atoms with Gasteiger partial charge in [-0.1, -0.05) is 19.9 Å². The highest BCUT2D eigenvalue weighted by Gasteiger charge is 2.44. The summed E-state index contributed by atoms with van der Waals surface area (Å²) in [4.78, 5) is 0. The van der Waals surface area contributed by atoms with E-state index in [1.54, 1.807) is 12.1 Å². The largest absolute Gasteiger partial charge is 0.373 e. The second-order valence-corrected chi connectivity index (χ2v) is 7.14. The van der Waals surface area contributed by atoms with Crippen LogP contribution in [0.15, 0.2) is 18.2 Å². The van der Waals surface area contributed by atoms with Crippen LogP contribution in [0.5, 0.6) is 0 Å². The molecular weight excluding hydrogens is 265 g/mol.